The van der Waals surface area contributed by atoms with Crippen molar-refractivity contribution in [2.24, 2.45) is 5.41 Å². The Morgan fingerprint density at radius 3 is 2.33 bits per heavy atom. The molecule has 1 aliphatic rings. The van der Waals surface area contributed by atoms with Gasteiger partial charge in [-0.1, -0.05) is 27.7 Å². The van der Waals surface area contributed by atoms with E-state index in [0.717, 1.165) is 6.54 Å². The van der Waals surface area contributed by atoms with Crippen molar-refractivity contribution in [1.82, 2.24) is 10.2 Å². The highest BCUT2D eigenvalue weighted by atomic mass is 16.3. The van der Waals surface area contributed by atoms with Crippen molar-refractivity contribution in [3.8, 4) is 0 Å². The second kappa shape index (κ2) is 6.36. The molecule has 3 nitrogen and oxygen atoms in total. The summed E-state index contributed by atoms with van der Waals surface area (Å²) in [4.78, 5) is 2.53. The maximum Gasteiger partial charge on any atom is 0.0623 e. The molecule has 18 heavy (non-hydrogen) atoms. The maximum absolute atomic E-state index is 9.65. The molecule has 0 radical (unpaired) electrons. The van der Waals surface area contributed by atoms with Crippen LogP contribution in [0.3, 0.4) is 0 Å². The highest BCUT2D eigenvalue weighted by Gasteiger charge is 2.37. The van der Waals surface area contributed by atoms with E-state index in [0.29, 0.717) is 11.5 Å². The molecule has 0 saturated carbocycles. The molecule has 1 saturated heterocycles. The van der Waals surface area contributed by atoms with Crippen LogP contribution in [0.5, 0.6) is 0 Å². The molecule has 0 aromatic rings. The number of nitrogens with one attached hydrogen (secondary N) is 1. The summed E-state index contributed by atoms with van der Waals surface area (Å²) in [5.74, 6) is 0. The Hall–Kier alpha value is -0.120. The number of aliphatic hydroxyl groups excluding tert-OH is 1. The molecular formula is C15H32N2O. The molecule has 1 heterocycles. The van der Waals surface area contributed by atoms with Gasteiger partial charge in [0.2, 0.25) is 0 Å². The third-order valence-corrected chi connectivity index (χ3v) is 4.58. The molecule has 1 fully saturated rings. The first-order valence-electron chi connectivity index (χ1n) is 7.49. The van der Waals surface area contributed by atoms with Crippen molar-refractivity contribution in [3.63, 3.8) is 0 Å². The Kier molecular flexibility index (Phi) is 5.63. The van der Waals surface area contributed by atoms with Gasteiger partial charge in [0.05, 0.1) is 12.1 Å². The van der Waals surface area contributed by atoms with Gasteiger partial charge in [0.1, 0.15) is 0 Å². The van der Waals surface area contributed by atoms with Gasteiger partial charge < -0.3 is 15.3 Å². The fraction of sp³-hybridized carbons (Fsp3) is 1.00. The Morgan fingerprint density at radius 2 is 1.94 bits per heavy atom. The minimum absolute atomic E-state index is 0.175. The maximum atomic E-state index is 9.65. The zero-order valence-electron chi connectivity index (χ0n) is 12.9. The number of nitrogens with zero attached hydrogens (tertiary/aromatic N) is 1. The summed E-state index contributed by atoms with van der Waals surface area (Å²) < 4.78 is 0. The van der Waals surface area contributed by atoms with Crippen LogP contribution in [-0.4, -0.2) is 47.8 Å². The van der Waals surface area contributed by atoms with Gasteiger partial charge in [0, 0.05) is 19.1 Å². The van der Waals surface area contributed by atoms with Crippen LogP contribution < -0.4 is 5.32 Å². The first-order chi connectivity index (χ1) is 8.38. The summed E-state index contributed by atoms with van der Waals surface area (Å²) >= 11 is 0. The van der Waals surface area contributed by atoms with E-state index in [-0.39, 0.29) is 12.1 Å². The molecule has 1 rings (SSSR count). The smallest absolute Gasteiger partial charge is 0.0623 e. The van der Waals surface area contributed by atoms with Crippen molar-refractivity contribution in [2.45, 2.75) is 65.5 Å². The Labute approximate surface area is 113 Å². The summed E-state index contributed by atoms with van der Waals surface area (Å²) in [5, 5.41) is 13.2. The van der Waals surface area contributed by atoms with E-state index >= 15 is 0 Å². The molecule has 0 aliphatic carbocycles. The highest BCUT2D eigenvalue weighted by Crippen LogP contribution is 2.37. The largest absolute Gasteiger partial charge is 0.394 e. The lowest BCUT2D eigenvalue weighted by Gasteiger charge is -2.36. The summed E-state index contributed by atoms with van der Waals surface area (Å²) in [5.41, 5.74) is 0.347. The number of rotatable bonds is 7. The van der Waals surface area contributed by atoms with E-state index in [1.165, 1.54) is 32.4 Å². The average molecular weight is 256 g/mol. The second-order valence-corrected chi connectivity index (χ2v) is 6.69. The number of hydrogen-bond donors (Lipinski definition) is 2. The SMILES string of the molecule is CCC1(CC)CCN(CC(C)(CO)NC(C)C)C1. The third-order valence-electron chi connectivity index (χ3n) is 4.58. The first-order valence-corrected chi connectivity index (χ1v) is 7.49. The molecule has 1 aliphatic heterocycles. The van der Waals surface area contributed by atoms with Crippen molar-refractivity contribution in [1.29, 1.82) is 0 Å². The fourth-order valence-electron chi connectivity index (χ4n) is 3.32. The van der Waals surface area contributed by atoms with Gasteiger partial charge >= 0.3 is 0 Å². The monoisotopic (exact) mass is 256 g/mol. The van der Waals surface area contributed by atoms with Gasteiger partial charge in [-0.15, -0.1) is 0 Å². The Morgan fingerprint density at radius 1 is 1.33 bits per heavy atom. The minimum atomic E-state index is -0.175. The molecule has 0 bridgehead atoms. The van der Waals surface area contributed by atoms with Gasteiger partial charge in [0.15, 0.2) is 0 Å². The molecule has 1 unspecified atom stereocenters. The van der Waals surface area contributed by atoms with Gasteiger partial charge in [-0.2, -0.15) is 0 Å². The van der Waals surface area contributed by atoms with Crippen LogP contribution in [-0.2, 0) is 0 Å². The molecular weight excluding hydrogens is 224 g/mol. The molecule has 0 spiro atoms. The normalized spacial score (nSPS) is 23.5. The van der Waals surface area contributed by atoms with Crippen LogP contribution in [0.15, 0.2) is 0 Å². The molecule has 0 aromatic heterocycles. The quantitative estimate of drug-likeness (QED) is 0.733. The van der Waals surface area contributed by atoms with Crippen LogP contribution in [0, 0.1) is 5.41 Å². The molecule has 3 heteroatoms. The second-order valence-electron chi connectivity index (χ2n) is 6.69. The van der Waals surface area contributed by atoms with Crippen molar-refractivity contribution < 1.29 is 5.11 Å². The predicted octanol–water partition coefficient (Wildman–Crippen LogP) is 2.25. The van der Waals surface area contributed by atoms with E-state index in [4.69, 9.17) is 0 Å². The zero-order chi connectivity index (χ0) is 13.8. The average Bonchev–Trinajstić information content (AvgIpc) is 2.72. The first kappa shape index (κ1) is 15.9. The van der Waals surface area contributed by atoms with Crippen LogP contribution in [0.25, 0.3) is 0 Å². The van der Waals surface area contributed by atoms with Gasteiger partial charge in [-0.3, -0.25) is 0 Å². The van der Waals surface area contributed by atoms with Gasteiger partial charge in [0.25, 0.3) is 0 Å². The van der Waals surface area contributed by atoms with Crippen LogP contribution >= 0.6 is 0 Å². The predicted molar refractivity (Wildman–Crippen MR) is 77.8 cm³/mol. The highest BCUT2D eigenvalue weighted by molar-refractivity contribution is 4.94. The lowest BCUT2D eigenvalue weighted by Crippen LogP contribution is -2.56. The summed E-state index contributed by atoms with van der Waals surface area (Å²) in [6, 6.07) is 0.409. The van der Waals surface area contributed by atoms with Gasteiger partial charge in [-0.25, -0.2) is 0 Å². The van der Waals surface area contributed by atoms with Crippen LogP contribution in [0.4, 0.5) is 0 Å². The zero-order valence-corrected chi connectivity index (χ0v) is 12.9. The van der Waals surface area contributed by atoms with E-state index in [2.05, 4.69) is 44.8 Å². The fourth-order valence-corrected chi connectivity index (χ4v) is 3.32. The Balaban J connectivity index is 2.57. The molecule has 0 aromatic carbocycles. The number of hydrogen-bond acceptors (Lipinski definition) is 3. The summed E-state index contributed by atoms with van der Waals surface area (Å²) in [6.45, 7) is 14.5. The topological polar surface area (TPSA) is 35.5 Å². The van der Waals surface area contributed by atoms with E-state index in [9.17, 15) is 5.11 Å². The van der Waals surface area contributed by atoms with Crippen molar-refractivity contribution >= 4 is 0 Å². The Bertz CT molecular complexity index is 251. The van der Waals surface area contributed by atoms with E-state index in [1.807, 2.05) is 0 Å². The van der Waals surface area contributed by atoms with Crippen LogP contribution in [0.1, 0.15) is 53.9 Å². The standard InChI is InChI=1S/C15H32N2O/c1-6-15(7-2)8-9-17(11-15)10-14(5,12-18)16-13(3)4/h13,16,18H,6-12H2,1-5H3. The molecule has 2 N–H and O–H groups in total. The lowest BCUT2D eigenvalue weighted by molar-refractivity contribution is 0.116. The molecule has 1 atom stereocenters. The molecule has 108 valence electrons. The number of likely N-dealkylation sites (tertiary alicyclic amines) is 1. The lowest BCUT2D eigenvalue weighted by atomic mass is 9.82. The summed E-state index contributed by atoms with van der Waals surface area (Å²) in [6.07, 6.45) is 3.85. The van der Waals surface area contributed by atoms with Gasteiger partial charge in [-0.05, 0) is 38.1 Å². The van der Waals surface area contributed by atoms with E-state index < -0.39 is 0 Å². The minimum Gasteiger partial charge on any atom is -0.394 e. The van der Waals surface area contributed by atoms with Crippen molar-refractivity contribution in [2.75, 3.05) is 26.2 Å². The van der Waals surface area contributed by atoms with E-state index in [1.54, 1.807) is 0 Å². The third kappa shape index (κ3) is 3.94. The molecule has 0 amide bonds. The number of aliphatic hydroxyl groups is 1. The van der Waals surface area contributed by atoms with Crippen LogP contribution in [0.2, 0.25) is 0 Å². The van der Waals surface area contributed by atoms with Crippen molar-refractivity contribution in [3.05, 3.63) is 0 Å². The summed E-state index contributed by atoms with van der Waals surface area (Å²) in [7, 11) is 0.